The van der Waals surface area contributed by atoms with Gasteiger partial charge in [-0.25, -0.2) is 4.98 Å². The Morgan fingerprint density at radius 2 is 1.85 bits per heavy atom. The van der Waals surface area contributed by atoms with E-state index in [0.717, 1.165) is 25.2 Å². The summed E-state index contributed by atoms with van der Waals surface area (Å²) in [5.74, 6) is 0.956. The van der Waals surface area contributed by atoms with Gasteiger partial charge in [-0.05, 0) is 17.7 Å². The summed E-state index contributed by atoms with van der Waals surface area (Å²) < 4.78 is 0. The van der Waals surface area contributed by atoms with Crippen molar-refractivity contribution in [2.45, 2.75) is 13.0 Å². The van der Waals surface area contributed by atoms with E-state index in [2.05, 4.69) is 22.0 Å². The molecule has 2 aliphatic rings. The second-order valence-electron chi connectivity index (χ2n) is 7.09. The minimum Gasteiger partial charge on any atom is -0.365 e. The van der Waals surface area contributed by atoms with E-state index in [0.29, 0.717) is 23.2 Å². The number of nitrogens with zero attached hydrogens (tertiary/aromatic N) is 3. The lowest BCUT2D eigenvalue weighted by molar-refractivity contribution is -0.130. The Morgan fingerprint density at radius 3 is 2.54 bits per heavy atom. The van der Waals surface area contributed by atoms with E-state index in [1.165, 1.54) is 0 Å². The molecule has 2 saturated heterocycles. The van der Waals surface area contributed by atoms with Crippen molar-refractivity contribution >= 4 is 17.6 Å². The molecular formula is C20H22N4O2. The fourth-order valence-electron chi connectivity index (χ4n) is 4.46. The summed E-state index contributed by atoms with van der Waals surface area (Å²) in [5.41, 5.74) is 7.13. The summed E-state index contributed by atoms with van der Waals surface area (Å²) in [5, 5.41) is 0. The number of aromatic nitrogens is 1. The number of fused-ring (bicyclic) bond motifs is 1. The molecule has 0 radical (unpaired) electrons. The van der Waals surface area contributed by atoms with Gasteiger partial charge in [0, 0.05) is 44.6 Å². The minimum atomic E-state index is -0.463. The van der Waals surface area contributed by atoms with Crippen LogP contribution in [-0.2, 0) is 4.79 Å². The zero-order valence-electron chi connectivity index (χ0n) is 14.7. The average Bonchev–Trinajstić information content (AvgIpc) is 3.20. The lowest BCUT2D eigenvalue weighted by Crippen LogP contribution is -2.35. The van der Waals surface area contributed by atoms with Crippen LogP contribution in [0.1, 0.15) is 28.9 Å². The van der Waals surface area contributed by atoms with E-state index >= 15 is 0 Å². The van der Waals surface area contributed by atoms with Gasteiger partial charge in [-0.3, -0.25) is 9.59 Å². The number of carbonyl (C=O) groups excluding carboxylic acids is 2. The zero-order valence-corrected chi connectivity index (χ0v) is 14.7. The number of benzene rings is 1. The molecule has 0 unspecified atom stereocenters. The number of hydrogen-bond donors (Lipinski definition) is 1. The van der Waals surface area contributed by atoms with Crippen LogP contribution in [0.2, 0.25) is 0 Å². The second kappa shape index (κ2) is 6.44. The number of pyridine rings is 1. The largest absolute Gasteiger partial charge is 0.365 e. The molecule has 1 aromatic heterocycles. The zero-order chi connectivity index (χ0) is 18.3. The maximum Gasteiger partial charge on any atom is 0.252 e. The summed E-state index contributed by atoms with van der Waals surface area (Å²) in [6.07, 6.45) is 1.69. The van der Waals surface area contributed by atoms with E-state index in [9.17, 15) is 9.59 Å². The number of carbonyl (C=O) groups is 2. The lowest BCUT2D eigenvalue weighted by Gasteiger charge is -2.29. The van der Waals surface area contributed by atoms with Gasteiger partial charge in [0.25, 0.3) is 5.91 Å². The summed E-state index contributed by atoms with van der Waals surface area (Å²) >= 11 is 0. The quantitative estimate of drug-likeness (QED) is 0.916. The van der Waals surface area contributed by atoms with Gasteiger partial charge in [0.2, 0.25) is 5.91 Å². The molecule has 2 N–H and O–H groups in total. The van der Waals surface area contributed by atoms with Crippen LogP contribution in [-0.4, -0.2) is 41.3 Å². The Kier molecular flexibility index (Phi) is 4.11. The Morgan fingerprint density at radius 1 is 1.08 bits per heavy atom. The molecular weight excluding hydrogens is 328 g/mol. The van der Waals surface area contributed by atoms with E-state index < -0.39 is 5.91 Å². The number of likely N-dealkylation sites (tertiary alicyclic amines) is 1. The van der Waals surface area contributed by atoms with Crippen LogP contribution in [0.5, 0.6) is 0 Å². The first-order valence-corrected chi connectivity index (χ1v) is 8.88. The summed E-state index contributed by atoms with van der Waals surface area (Å²) in [6.45, 7) is 3.90. The van der Waals surface area contributed by atoms with Gasteiger partial charge in [0.15, 0.2) is 0 Å². The molecule has 0 spiro atoms. The predicted octanol–water partition coefficient (Wildman–Crippen LogP) is 1.84. The number of primary amides is 1. The van der Waals surface area contributed by atoms with Crippen LogP contribution in [0.3, 0.4) is 0 Å². The smallest absolute Gasteiger partial charge is 0.252 e. The van der Waals surface area contributed by atoms with E-state index in [1.54, 1.807) is 25.3 Å². The van der Waals surface area contributed by atoms with Crippen molar-refractivity contribution in [1.82, 2.24) is 9.88 Å². The van der Waals surface area contributed by atoms with E-state index in [-0.39, 0.29) is 11.9 Å². The van der Waals surface area contributed by atoms with Gasteiger partial charge in [-0.15, -0.1) is 0 Å². The van der Waals surface area contributed by atoms with Gasteiger partial charge in [-0.2, -0.15) is 0 Å². The number of hydrogen-bond acceptors (Lipinski definition) is 4. The van der Waals surface area contributed by atoms with Crippen molar-refractivity contribution in [2.75, 3.05) is 24.5 Å². The van der Waals surface area contributed by atoms with Crippen molar-refractivity contribution in [3.8, 4) is 0 Å². The SMILES string of the molecule is CC(=O)N1C[C@H]2CN(c3ncccc3C(N)=O)C[C@H]2[C@@H]1c1ccccc1. The maximum atomic E-state index is 12.2. The third-order valence-corrected chi connectivity index (χ3v) is 5.56. The predicted molar refractivity (Wildman–Crippen MR) is 98.5 cm³/mol. The van der Waals surface area contributed by atoms with Crippen LogP contribution >= 0.6 is 0 Å². The molecule has 4 rings (SSSR count). The van der Waals surface area contributed by atoms with Gasteiger partial charge < -0.3 is 15.5 Å². The minimum absolute atomic E-state index is 0.0597. The maximum absolute atomic E-state index is 12.2. The highest BCUT2D eigenvalue weighted by molar-refractivity contribution is 5.97. The molecule has 134 valence electrons. The van der Waals surface area contributed by atoms with Gasteiger partial charge in [0.05, 0.1) is 11.6 Å². The van der Waals surface area contributed by atoms with Crippen LogP contribution in [0.25, 0.3) is 0 Å². The number of amides is 2. The Bertz CT molecular complexity index is 839. The molecule has 0 aliphatic carbocycles. The normalized spacial score (nSPS) is 24.6. The molecule has 2 amide bonds. The molecule has 26 heavy (non-hydrogen) atoms. The lowest BCUT2D eigenvalue weighted by atomic mass is 9.89. The van der Waals surface area contributed by atoms with Crippen molar-refractivity contribution in [1.29, 1.82) is 0 Å². The first-order valence-electron chi connectivity index (χ1n) is 8.88. The highest BCUT2D eigenvalue weighted by Crippen LogP contribution is 2.45. The highest BCUT2D eigenvalue weighted by Gasteiger charge is 2.49. The fraction of sp³-hybridized carbons (Fsp3) is 0.350. The third-order valence-electron chi connectivity index (χ3n) is 5.56. The van der Waals surface area contributed by atoms with E-state index in [1.807, 2.05) is 23.1 Å². The number of anilines is 1. The van der Waals surface area contributed by atoms with Crippen LogP contribution < -0.4 is 10.6 Å². The summed E-state index contributed by atoms with van der Waals surface area (Å²) in [4.78, 5) is 32.5. The summed E-state index contributed by atoms with van der Waals surface area (Å²) in [6, 6.07) is 13.7. The Hall–Kier alpha value is -2.89. The topological polar surface area (TPSA) is 79.5 Å². The number of rotatable bonds is 3. The Labute approximate surface area is 152 Å². The molecule has 0 saturated carbocycles. The molecule has 3 atom stereocenters. The van der Waals surface area contributed by atoms with Gasteiger partial charge >= 0.3 is 0 Å². The van der Waals surface area contributed by atoms with Crippen LogP contribution in [0.4, 0.5) is 5.82 Å². The first-order chi connectivity index (χ1) is 12.6. The van der Waals surface area contributed by atoms with Crippen LogP contribution in [0, 0.1) is 11.8 Å². The highest BCUT2D eigenvalue weighted by atomic mass is 16.2. The molecule has 2 aromatic rings. The standard InChI is InChI=1S/C20H22N4O2/c1-13(25)24-11-15-10-23(20-16(19(21)26)8-5-9-22-20)12-17(15)18(24)14-6-3-2-4-7-14/h2-9,15,17-18H,10-12H2,1H3,(H2,21,26)/t15-,17-,18+/m1/s1. The molecule has 2 aliphatic heterocycles. The van der Waals surface area contributed by atoms with E-state index in [4.69, 9.17) is 5.73 Å². The molecule has 6 nitrogen and oxygen atoms in total. The van der Waals surface area contributed by atoms with Crippen molar-refractivity contribution in [3.05, 3.63) is 59.8 Å². The second-order valence-corrected chi connectivity index (χ2v) is 7.09. The number of nitrogens with two attached hydrogens (primary N) is 1. The van der Waals surface area contributed by atoms with Gasteiger partial charge in [0.1, 0.15) is 5.82 Å². The monoisotopic (exact) mass is 350 g/mol. The molecule has 1 aromatic carbocycles. The Balaban J connectivity index is 1.65. The first kappa shape index (κ1) is 16.6. The average molecular weight is 350 g/mol. The molecule has 6 heteroatoms. The third kappa shape index (κ3) is 2.71. The summed E-state index contributed by atoms with van der Waals surface area (Å²) in [7, 11) is 0. The molecule has 3 heterocycles. The van der Waals surface area contributed by atoms with Crippen LogP contribution in [0.15, 0.2) is 48.7 Å². The van der Waals surface area contributed by atoms with Crippen molar-refractivity contribution in [2.24, 2.45) is 17.6 Å². The van der Waals surface area contributed by atoms with Crippen molar-refractivity contribution in [3.63, 3.8) is 0 Å². The molecule has 0 bridgehead atoms. The fourth-order valence-corrected chi connectivity index (χ4v) is 4.46. The van der Waals surface area contributed by atoms with Gasteiger partial charge in [-0.1, -0.05) is 30.3 Å². The van der Waals surface area contributed by atoms with Crippen molar-refractivity contribution < 1.29 is 9.59 Å². The molecule has 2 fully saturated rings.